The van der Waals surface area contributed by atoms with E-state index in [1.165, 1.54) is 11.0 Å². The molecule has 26 heavy (non-hydrogen) atoms. The van der Waals surface area contributed by atoms with Crippen molar-refractivity contribution in [3.63, 3.8) is 0 Å². The molecule has 8 nitrogen and oxygen atoms in total. The van der Waals surface area contributed by atoms with E-state index in [9.17, 15) is 13.6 Å². The molecule has 1 atom stereocenters. The van der Waals surface area contributed by atoms with Gasteiger partial charge in [0.05, 0.1) is 16.2 Å². The van der Waals surface area contributed by atoms with E-state index >= 15 is 0 Å². The fourth-order valence-corrected chi connectivity index (χ4v) is 2.45. The van der Waals surface area contributed by atoms with Crippen LogP contribution in [0.2, 0.25) is 0 Å². The summed E-state index contributed by atoms with van der Waals surface area (Å²) in [6.07, 6.45) is 4.39. The Balaban J connectivity index is 1.73. The van der Waals surface area contributed by atoms with Crippen molar-refractivity contribution in [1.29, 1.82) is 0 Å². The lowest BCUT2D eigenvalue weighted by Crippen LogP contribution is -2.33. The summed E-state index contributed by atoms with van der Waals surface area (Å²) >= 11 is 2.87. The highest BCUT2D eigenvalue weighted by Gasteiger charge is 2.19. The van der Waals surface area contributed by atoms with Crippen molar-refractivity contribution in [3.05, 3.63) is 58.9 Å². The van der Waals surface area contributed by atoms with E-state index in [2.05, 4.69) is 46.6 Å². The molecule has 2 N–H and O–H groups in total. The third kappa shape index (κ3) is 3.82. The largest absolute Gasteiger partial charge is 0.328 e. The zero-order chi connectivity index (χ0) is 18.7. The number of rotatable bonds is 4. The number of urea groups is 1. The summed E-state index contributed by atoms with van der Waals surface area (Å²) in [4.78, 5) is 24.3. The van der Waals surface area contributed by atoms with E-state index in [0.29, 0.717) is 5.82 Å². The van der Waals surface area contributed by atoms with Crippen molar-refractivity contribution in [2.75, 3.05) is 5.32 Å². The molecule has 11 heteroatoms. The maximum atomic E-state index is 13.8. The zero-order valence-electron chi connectivity index (χ0n) is 13.3. The van der Waals surface area contributed by atoms with Gasteiger partial charge in [0, 0.05) is 18.5 Å². The van der Waals surface area contributed by atoms with E-state index in [0.717, 1.165) is 12.1 Å². The first-order valence-electron chi connectivity index (χ1n) is 7.35. The highest BCUT2D eigenvalue weighted by molar-refractivity contribution is 9.10. The third-order valence-electron chi connectivity index (χ3n) is 3.31. The van der Waals surface area contributed by atoms with Crippen molar-refractivity contribution >= 4 is 27.6 Å². The summed E-state index contributed by atoms with van der Waals surface area (Å²) in [5.41, 5.74) is -0.289. The predicted molar refractivity (Wildman–Crippen MR) is 91.6 cm³/mol. The first kappa shape index (κ1) is 17.9. The summed E-state index contributed by atoms with van der Waals surface area (Å²) in [6, 6.07) is 2.12. The van der Waals surface area contributed by atoms with Gasteiger partial charge in [0.25, 0.3) is 5.95 Å². The van der Waals surface area contributed by atoms with Crippen molar-refractivity contribution in [2.45, 2.75) is 13.0 Å². The van der Waals surface area contributed by atoms with Crippen LogP contribution in [0.25, 0.3) is 5.95 Å². The fraction of sp³-hybridized carbons (Fsp3) is 0.133. The molecule has 0 saturated carbocycles. The Morgan fingerprint density at radius 3 is 2.65 bits per heavy atom. The lowest BCUT2D eigenvalue weighted by molar-refractivity contribution is 0.248. The number of carbonyl (C=O) groups excluding carboxylic acids is 1. The minimum Gasteiger partial charge on any atom is -0.328 e. The summed E-state index contributed by atoms with van der Waals surface area (Å²) in [5, 5.41) is 8.86. The molecular weight excluding hydrogens is 412 g/mol. The van der Waals surface area contributed by atoms with E-state index in [1.807, 2.05) is 0 Å². The van der Waals surface area contributed by atoms with Gasteiger partial charge in [0.15, 0.2) is 5.82 Å². The van der Waals surface area contributed by atoms with Crippen LogP contribution in [0.4, 0.5) is 19.3 Å². The number of amides is 2. The molecule has 0 fully saturated rings. The van der Waals surface area contributed by atoms with Crippen LogP contribution in [0.5, 0.6) is 0 Å². The van der Waals surface area contributed by atoms with Crippen LogP contribution >= 0.6 is 15.9 Å². The molecular formula is C15H12BrF2N7O. The minimum absolute atomic E-state index is 0.0368. The molecule has 2 heterocycles. The quantitative estimate of drug-likeness (QED) is 0.628. The van der Waals surface area contributed by atoms with Crippen LogP contribution in [-0.4, -0.2) is 30.8 Å². The minimum atomic E-state index is -0.776. The molecule has 0 unspecified atom stereocenters. The average molecular weight is 424 g/mol. The number of nitrogens with zero attached hydrogens (tertiary/aromatic N) is 5. The Hall–Kier alpha value is -2.95. The number of carbonyl (C=O) groups is 1. The third-order valence-corrected chi connectivity index (χ3v) is 3.92. The molecule has 3 rings (SSSR count). The van der Waals surface area contributed by atoms with Crippen LogP contribution in [0, 0.1) is 11.6 Å². The molecule has 2 aromatic heterocycles. The van der Waals surface area contributed by atoms with Crippen molar-refractivity contribution < 1.29 is 13.6 Å². The van der Waals surface area contributed by atoms with Gasteiger partial charge in [0.2, 0.25) is 0 Å². The monoisotopic (exact) mass is 423 g/mol. The molecule has 0 saturated heterocycles. The molecule has 0 aliphatic heterocycles. The molecule has 0 aliphatic carbocycles. The van der Waals surface area contributed by atoms with Crippen molar-refractivity contribution in [1.82, 2.24) is 30.0 Å². The second-order valence-corrected chi connectivity index (χ2v) is 6.00. The molecule has 3 aromatic rings. The van der Waals surface area contributed by atoms with Gasteiger partial charge in [-0.25, -0.2) is 28.5 Å². The molecule has 1 aromatic carbocycles. The zero-order valence-corrected chi connectivity index (χ0v) is 14.9. The van der Waals surface area contributed by atoms with Crippen LogP contribution in [0.3, 0.4) is 0 Å². The Kier molecular flexibility index (Phi) is 5.16. The fourth-order valence-electron chi connectivity index (χ4n) is 2.14. The lowest BCUT2D eigenvalue weighted by Gasteiger charge is -2.15. The molecule has 0 radical (unpaired) electrons. The molecule has 0 aliphatic rings. The number of anilines is 1. The predicted octanol–water partition coefficient (Wildman–Crippen LogP) is 2.98. The Labute approximate surface area is 154 Å². The lowest BCUT2D eigenvalue weighted by atomic mass is 10.3. The maximum Gasteiger partial charge on any atom is 0.319 e. The van der Waals surface area contributed by atoms with Crippen LogP contribution < -0.4 is 10.6 Å². The second kappa shape index (κ2) is 7.52. The van der Waals surface area contributed by atoms with Crippen molar-refractivity contribution in [2.24, 2.45) is 0 Å². The van der Waals surface area contributed by atoms with Gasteiger partial charge in [-0.1, -0.05) is 0 Å². The van der Waals surface area contributed by atoms with E-state index in [1.54, 1.807) is 25.4 Å². The van der Waals surface area contributed by atoms with E-state index < -0.39 is 23.7 Å². The normalized spacial score (nSPS) is 11.8. The highest BCUT2D eigenvalue weighted by Crippen LogP contribution is 2.23. The number of hydrogen-bond donors (Lipinski definition) is 2. The first-order valence-corrected chi connectivity index (χ1v) is 8.14. The summed E-state index contributed by atoms with van der Waals surface area (Å²) in [6.45, 7) is 1.65. The second-order valence-electron chi connectivity index (χ2n) is 5.15. The van der Waals surface area contributed by atoms with Gasteiger partial charge in [-0.2, -0.15) is 9.78 Å². The molecule has 134 valence electrons. The topological polar surface area (TPSA) is 97.6 Å². The van der Waals surface area contributed by atoms with Gasteiger partial charge < -0.3 is 10.6 Å². The molecule has 0 bridgehead atoms. The van der Waals surface area contributed by atoms with Gasteiger partial charge in [-0.05, 0) is 35.0 Å². The standard InChI is InChI=1S/C15H12BrF2N7O/c1-8(13-21-7-22-25(13)14-19-3-2-4-20-14)23-15(26)24-12-6-10(17)9(16)5-11(12)18/h2-8H,1H3,(H2,23,24,26)/t8-/m0/s1. The number of aromatic nitrogens is 5. The van der Waals surface area contributed by atoms with Crippen molar-refractivity contribution in [3.8, 4) is 5.95 Å². The van der Waals surface area contributed by atoms with Crippen LogP contribution in [-0.2, 0) is 0 Å². The number of nitrogens with one attached hydrogen (secondary N) is 2. The van der Waals surface area contributed by atoms with Gasteiger partial charge in [-0.3, -0.25) is 0 Å². The SMILES string of the molecule is C[C@H](NC(=O)Nc1cc(F)c(Br)cc1F)c1ncnn1-c1ncccn1. The average Bonchev–Trinajstić information content (AvgIpc) is 3.10. The van der Waals surface area contributed by atoms with E-state index in [4.69, 9.17) is 0 Å². The molecule has 2 amide bonds. The molecule has 0 spiro atoms. The van der Waals surface area contributed by atoms with Gasteiger partial charge in [0.1, 0.15) is 18.0 Å². The van der Waals surface area contributed by atoms with E-state index in [-0.39, 0.29) is 16.1 Å². The summed E-state index contributed by atoms with van der Waals surface area (Å²) in [7, 11) is 0. The Morgan fingerprint density at radius 1 is 1.19 bits per heavy atom. The Bertz CT molecular complexity index is 935. The van der Waals surface area contributed by atoms with Gasteiger partial charge >= 0.3 is 6.03 Å². The maximum absolute atomic E-state index is 13.8. The Morgan fingerprint density at radius 2 is 1.92 bits per heavy atom. The highest BCUT2D eigenvalue weighted by atomic mass is 79.9. The smallest absolute Gasteiger partial charge is 0.319 e. The summed E-state index contributed by atoms with van der Waals surface area (Å²) in [5.74, 6) is -0.818. The van der Waals surface area contributed by atoms with Gasteiger partial charge in [-0.15, -0.1) is 0 Å². The number of hydrogen-bond acceptors (Lipinski definition) is 5. The summed E-state index contributed by atoms with van der Waals surface area (Å²) < 4.78 is 28.6. The first-order chi connectivity index (χ1) is 12.5. The number of benzene rings is 1. The number of halogens is 3. The van der Waals surface area contributed by atoms with Crippen LogP contribution in [0.15, 0.2) is 41.4 Å². The van der Waals surface area contributed by atoms with Crippen LogP contribution in [0.1, 0.15) is 18.8 Å².